The summed E-state index contributed by atoms with van der Waals surface area (Å²) < 4.78 is 4.90. The molecular weight excluding hydrogens is 232 g/mol. The van der Waals surface area contributed by atoms with E-state index in [0.29, 0.717) is 0 Å². The van der Waals surface area contributed by atoms with Crippen molar-refractivity contribution in [2.75, 3.05) is 6.54 Å². The highest BCUT2D eigenvalue weighted by Crippen LogP contribution is 2.11. The van der Waals surface area contributed by atoms with Crippen molar-refractivity contribution in [1.82, 2.24) is 5.32 Å². The first-order chi connectivity index (χ1) is 7.90. The van der Waals surface area contributed by atoms with E-state index in [2.05, 4.69) is 5.32 Å². The molecule has 0 radical (unpaired) electrons. The maximum Gasteiger partial charge on any atom is 0.323 e. The Bertz CT molecular complexity index is 331. The molecule has 1 saturated heterocycles. The zero-order valence-electron chi connectivity index (χ0n) is 8.96. The van der Waals surface area contributed by atoms with Crippen LogP contribution < -0.4 is 11.1 Å². The van der Waals surface area contributed by atoms with Crippen LogP contribution in [0.1, 0.15) is 12.8 Å². The van der Waals surface area contributed by atoms with Gasteiger partial charge in [0.2, 0.25) is 0 Å². The van der Waals surface area contributed by atoms with Crippen molar-refractivity contribution in [3.63, 3.8) is 0 Å². The molecule has 0 saturated carbocycles. The summed E-state index contributed by atoms with van der Waals surface area (Å²) in [6.45, 7) is 0.225. The first kappa shape index (κ1) is 13.4. The van der Waals surface area contributed by atoms with Crippen LogP contribution in [-0.4, -0.2) is 52.9 Å². The van der Waals surface area contributed by atoms with Crippen LogP contribution in [0.15, 0.2) is 0 Å². The number of carboxylic acids is 2. The molecule has 0 aromatic heterocycles. The standard InChI is InChI=1S/C9H14N2O6/c10-5(2-7(12)13)9(16)17-4-1-6(8(14)15)11-3-4/h4-6,11H,1-3,10H2,(H,12,13)(H,14,15)/t4-,5+,6+/m1/s1. The van der Waals surface area contributed by atoms with Crippen LogP contribution in [0.2, 0.25) is 0 Å². The van der Waals surface area contributed by atoms with Gasteiger partial charge in [0, 0.05) is 13.0 Å². The van der Waals surface area contributed by atoms with Gasteiger partial charge in [0.15, 0.2) is 0 Å². The van der Waals surface area contributed by atoms with Crippen LogP contribution in [0.25, 0.3) is 0 Å². The predicted octanol–water partition coefficient (Wildman–Crippen LogP) is -1.85. The van der Waals surface area contributed by atoms with Crippen LogP contribution in [0.4, 0.5) is 0 Å². The molecule has 17 heavy (non-hydrogen) atoms. The summed E-state index contributed by atoms with van der Waals surface area (Å²) in [7, 11) is 0. The predicted molar refractivity (Wildman–Crippen MR) is 54.2 cm³/mol. The Hall–Kier alpha value is -1.67. The van der Waals surface area contributed by atoms with Crippen molar-refractivity contribution in [1.29, 1.82) is 0 Å². The number of nitrogens with one attached hydrogen (secondary N) is 1. The summed E-state index contributed by atoms with van der Waals surface area (Å²) in [6, 6.07) is -1.97. The van der Waals surface area contributed by atoms with E-state index < -0.39 is 42.5 Å². The van der Waals surface area contributed by atoms with Crippen LogP contribution >= 0.6 is 0 Å². The number of carbonyl (C=O) groups is 3. The molecule has 96 valence electrons. The molecule has 8 heteroatoms. The van der Waals surface area contributed by atoms with E-state index in [0.717, 1.165) is 0 Å². The Morgan fingerprint density at radius 1 is 1.41 bits per heavy atom. The van der Waals surface area contributed by atoms with Crippen LogP contribution in [-0.2, 0) is 19.1 Å². The highest BCUT2D eigenvalue weighted by atomic mass is 16.5. The number of hydrogen-bond acceptors (Lipinski definition) is 6. The number of carbonyl (C=O) groups excluding carboxylic acids is 1. The van der Waals surface area contributed by atoms with Gasteiger partial charge in [0.25, 0.3) is 0 Å². The molecule has 0 aliphatic carbocycles. The Balaban J connectivity index is 2.37. The lowest BCUT2D eigenvalue weighted by Crippen LogP contribution is -2.37. The fraction of sp³-hybridized carbons (Fsp3) is 0.667. The van der Waals surface area contributed by atoms with E-state index in [1.54, 1.807) is 0 Å². The highest BCUT2D eigenvalue weighted by Gasteiger charge is 2.32. The zero-order valence-corrected chi connectivity index (χ0v) is 8.96. The molecule has 0 bridgehead atoms. The molecule has 8 nitrogen and oxygen atoms in total. The second-order valence-electron chi connectivity index (χ2n) is 3.80. The number of hydrogen-bond donors (Lipinski definition) is 4. The fourth-order valence-corrected chi connectivity index (χ4v) is 1.50. The van der Waals surface area contributed by atoms with E-state index in [4.69, 9.17) is 20.7 Å². The first-order valence-corrected chi connectivity index (χ1v) is 5.04. The molecule has 5 N–H and O–H groups in total. The van der Waals surface area contributed by atoms with Gasteiger partial charge in [-0.1, -0.05) is 0 Å². The van der Waals surface area contributed by atoms with Crippen LogP contribution in [0.3, 0.4) is 0 Å². The third kappa shape index (κ3) is 4.00. The van der Waals surface area contributed by atoms with Crippen molar-refractivity contribution < 1.29 is 29.3 Å². The minimum Gasteiger partial charge on any atom is -0.481 e. The van der Waals surface area contributed by atoms with Gasteiger partial charge in [-0.15, -0.1) is 0 Å². The number of carboxylic acid groups (broad SMARTS) is 2. The third-order valence-electron chi connectivity index (χ3n) is 2.37. The summed E-state index contributed by atoms with van der Waals surface area (Å²) in [5.74, 6) is -3.04. The molecule has 1 aliphatic rings. The lowest BCUT2D eigenvalue weighted by atomic mass is 10.2. The van der Waals surface area contributed by atoms with Gasteiger partial charge in [-0.2, -0.15) is 0 Å². The monoisotopic (exact) mass is 246 g/mol. The molecule has 1 aliphatic heterocycles. The van der Waals surface area contributed by atoms with Crippen molar-refractivity contribution in [3.8, 4) is 0 Å². The summed E-state index contributed by atoms with van der Waals surface area (Å²) >= 11 is 0. The maximum absolute atomic E-state index is 11.3. The molecule has 0 amide bonds. The van der Waals surface area contributed by atoms with Crippen molar-refractivity contribution in [2.45, 2.75) is 31.0 Å². The second kappa shape index (κ2) is 5.60. The van der Waals surface area contributed by atoms with Gasteiger partial charge < -0.3 is 26.0 Å². The van der Waals surface area contributed by atoms with E-state index in [9.17, 15) is 14.4 Å². The van der Waals surface area contributed by atoms with Gasteiger partial charge in [0.1, 0.15) is 18.2 Å². The number of aliphatic carboxylic acids is 2. The number of rotatable bonds is 5. The van der Waals surface area contributed by atoms with Gasteiger partial charge in [-0.25, -0.2) is 0 Å². The molecule has 3 atom stereocenters. The minimum absolute atomic E-state index is 0.154. The molecule has 1 fully saturated rings. The molecule has 0 spiro atoms. The summed E-state index contributed by atoms with van der Waals surface area (Å²) in [5.41, 5.74) is 5.30. The number of ether oxygens (including phenoxy) is 1. The normalized spacial score (nSPS) is 25.2. The van der Waals surface area contributed by atoms with Crippen molar-refractivity contribution in [2.24, 2.45) is 5.73 Å². The molecule has 0 unspecified atom stereocenters. The van der Waals surface area contributed by atoms with E-state index in [1.807, 2.05) is 0 Å². The van der Waals surface area contributed by atoms with Crippen LogP contribution in [0, 0.1) is 0 Å². The average Bonchev–Trinajstić information content (AvgIpc) is 2.65. The minimum atomic E-state index is -1.23. The molecular formula is C9H14N2O6. The molecule has 1 rings (SSSR count). The van der Waals surface area contributed by atoms with Gasteiger partial charge in [0.05, 0.1) is 6.42 Å². The Kier molecular flexibility index (Phi) is 4.41. The van der Waals surface area contributed by atoms with E-state index >= 15 is 0 Å². The summed E-state index contributed by atoms with van der Waals surface area (Å²) in [4.78, 5) is 32.2. The van der Waals surface area contributed by atoms with Gasteiger partial charge >= 0.3 is 17.9 Å². The quantitative estimate of drug-likeness (QED) is 0.414. The number of esters is 1. The topological polar surface area (TPSA) is 139 Å². The largest absolute Gasteiger partial charge is 0.481 e. The van der Waals surface area contributed by atoms with Gasteiger partial charge in [-0.05, 0) is 0 Å². The highest BCUT2D eigenvalue weighted by molar-refractivity contribution is 5.82. The summed E-state index contributed by atoms with van der Waals surface area (Å²) in [5, 5.41) is 19.8. The average molecular weight is 246 g/mol. The Morgan fingerprint density at radius 2 is 2.06 bits per heavy atom. The number of nitrogens with two attached hydrogens (primary N) is 1. The second-order valence-corrected chi connectivity index (χ2v) is 3.80. The molecule has 0 aromatic rings. The summed E-state index contributed by atoms with van der Waals surface area (Å²) in [6.07, 6.45) is -0.939. The Labute approximate surface area is 96.7 Å². The Morgan fingerprint density at radius 3 is 2.53 bits per heavy atom. The maximum atomic E-state index is 11.3. The third-order valence-corrected chi connectivity index (χ3v) is 2.37. The SMILES string of the molecule is N[C@@H](CC(=O)O)C(=O)O[C@H]1CN[C@H](C(=O)O)C1. The van der Waals surface area contributed by atoms with Crippen molar-refractivity contribution >= 4 is 17.9 Å². The molecule has 1 heterocycles. The fourth-order valence-electron chi connectivity index (χ4n) is 1.50. The first-order valence-electron chi connectivity index (χ1n) is 5.04. The van der Waals surface area contributed by atoms with Crippen LogP contribution in [0.5, 0.6) is 0 Å². The van der Waals surface area contributed by atoms with Crippen molar-refractivity contribution in [3.05, 3.63) is 0 Å². The zero-order chi connectivity index (χ0) is 13.0. The lowest BCUT2D eigenvalue weighted by Gasteiger charge is -2.14. The van der Waals surface area contributed by atoms with Gasteiger partial charge in [-0.3, -0.25) is 14.4 Å². The smallest absolute Gasteiger partial charge is 0.323 e. The van der Waals surface area contributed by atoms with E-state index in [1.165, 1.54) is 0 Å². The molecule has 0 aromatic carbocycles. The van der Waals surface area contributed by atoms with E-state index in [-0.39, 0.29) is 13.0 Å². The lowest BCUT2D eigenvalue weighted by molar-refractivity contribution is -0.153.